The van der Waals surface area contributed by atoms with Crippen molar-refractivity contribution >= 4 is 11.9 Å². The fourth-order valence-electron chi connectivity index (χ4n) is 1.98. The summed E-state index contributed by atoms with van der Waals surface area (Å²) in [7, 11) is 0. The van der Waals surface area contributed by atoms with Gasteiger partial charge in [-0.3, -0.25) is 9.59 Å². The zero-order valence-corrected chi connectivity index (χ0v) is 8.92. The number of carbonyl (C=O) groups excluding carboxylic acids is 2. The van der Waals surface area contributed by atoms with E-state index < -0.39 is 23.7 Å². The monoisotopic (exact) mass is 230 g/mol. The molecule has 0 spiro atoms. The van der Waals surface area contributed by atoms with Gasteiger partial charge >= 0.3 is 5.97 Å². The Bertz CT molecular complexity index is 519. The van der Waals surface area contributed by atoms with Crippen molar-refractivity contribution in [3.05, 3.63) is 29.8 Å². The molecule has 5 heteroatoms. The second-order valence-corrected chi connectivity index (χ2v) is 3.83. The van der Waals surface area contributed by atoms with Gasteiger partial charge in [0.15, 0.2) is 0 Å². The summed E-state index contributed by atoms with van der Waals surface area (Å²) in [5, 5.41) is 8.96. The largest absolute Gasteiger partial charge is 0.426 e. The molecule has 0 unspecified atom stereocenters. The third-order valence-corrected chi connectivity index (χ3v) is 2.78. The fourth-order valence-corrected chi connectivity index (χ4v) is 1.98. The molecule has 0 bridgehead atoms. The first-order valence-electron chi connectivity index (χ1n) is 5.12. The molecule has 17 heavy (non-hydrogen) atoms. The van der Waals surface area contributed by atoms with Crippen molar-refractivity contribution in [1.82, 2.24) is 0 Å². The zero-order valence-electron chi connectivity index (χ0n) is 8.92. The van der Waals surface area contributed by atoms with E-state index in [2.05, 4.69) is 0 Å². The summed E-state index contributed by atoms with van der Waals surface area (Å²) in [6, 6.07) is 8.71. The molecule has 0 aliphatic carbocycles. The lowest BCUT2D eigenvalue weighted by atomic mass is 9.82. The van der Waals surface area contributed by atoms with Crippen molar-refractivity contribution in [2.45, 2.75) is 12.3 Å². The molecule has 0 radical (unpaired) electrons. The Morgan fingerprint density at radius 1 is 1.53 bits per heavy atom. The minimum Gasteiger partial charge on any atom is -0.426 e. The third-order valence-electron chi connectivity index (χ3n) is 2.78. The number of fused-ring (bicyclic) bond motifs is 1. The number of primary amides is 1. The van der Waals surface area contributed by atoms with Gasteiger partial charge in [-0.2, -0.15) is 5.26 Å². The van der Waals surface area contributed by atoms with E-state index in [0.717, 1.165) is 0 Å². The van der Waals surface area contributed by atoms with Crippen LogP contribution in [0.1, 0.15) is 17.9 Å². The van der Waals surface area contributed by atoms with E-state index >= 15 is 0 Å². The summed E-state index contributed by atoms with van der Waals surface area (Å²) in [4.78, 5) is 22.6. The van der Waals surface area contributed by atoms with Crippen LogP contribution in [0.3, 0.4) is 0 Å². The summed E-state index contributed by atoms with van der Waals surface area (Å²) >= 11 is 0. The predicted molar refractivity (Wildman–Crippen MR) is 57.7 cm³/mol. The predicted octanol–water partition coefficient (Wildman–Crippen LogP) is 0.704. The zero-order chi connectivity index (χ0) is 12.4. The second kappa shape index (κ2) is 4.26. The average Bonchev–Trinajstić information content (AvgIpc) is 2.29. The number of benzene rings is 1. The molecule has 2 rings (SSSR count). The molecule has 2 atom stereocenters. The summed E-state index contributed by atoms with van der Waals surface area (Å²) in [5.41, 5.74) is 5.85. The highest BCUT2D eigenvalue weighted by Crippen LogP contribution is 2.38. The van der Waals surface area contributed by atoms with Gasteiger partial charge in [-0.15, -0.1) is 0 Å². The van der Waals surface area contributed by atoms with Gasteiger partial charge < -0.3 is 10.5 Å². The first kappa shape index (κ1) is 11.1. The fraction of sp³-hybridized carbons (Fsp3) is 0.250. The van der Waals surface area contributed by atoms with Gasteiger partial charge in [-0.25, -0.2) is 0 Å². The molecule has 1 heterocycles. The van der Waals surface area contributed by atoms with E-state index in [1.807, 2.05) is 6.07 Å². The molecule has 2 N–H and O–H groups in total. The Morgan fingerprint density at radius 3 is 2.88 bits per heavy atom. The number of ether oxygens (including phenoxy) is 1. The van der Waals surface area contributed by atoms with Crippen LogP contribution in [0.2, 0.25) is 0 Å². The molecule has 0 fully saturated rings. The standard InChI is InChI=1S/C12H10N2O3/c13-6-9(12(14)16)8-5-11(15)17-10-4-2-1-3-7(8)10/h1-4,8-9H,5H2,(H2,14,16)/t8-,9-/m1/s1. The number of para-hydroxylation sites is 1. The van der Waals surface area contributed by atoms with Crippen molar-refractivity contribution < 1.29 is 14.3 Å². The molecule has 0 saturated heterocycles. The van der Waals surface area contributed by atoms with E-state index in [-0.39, 0.29) is 6.42 Å². The highest BCUT2D eigenvalue weighted by Gasteiger charge is 2.35. The maximum Gasteiger partial charge on any atom is 0.311 e. The van der Waals surface area contributed by atoms with Crippen molar-refractivity contribution in [2.24, 2.45) is 11.7 Å². The lowest BCUT2D eigenvalue weighted by molar-refractivity contribution is -0.136. The summed E-state index contributed by atoms with van der Waals surface area (Å²) in [5.74, 6) is -2.30. The molecule has 5 nitrogen and oxygen atoms in total. The topological polar surface area (TPSA) is 93.2 Å². The van der Waals surface area contributed by atoms with Crippen LogP contribution < -0.4 is 10.5 Å². The lowest BCUT2D eigenvalue weighted by Gasteiger charge is -2.25. The number of hydrogen-bond donors (Lipinski definition) is 1. The lowest BCUT2D eigenvalue weighted by Crippen LogP contribution is -2.32. The molecule has 1 aliphatic heterocycles. The van der Waals surface area contributed by atoms with Gasteiger partial charge in [0.2, 0.25) is 5.91 Å². The molecule has 1 aliphatic rings. The highest BCUT2D eigenvalue weighted by molar-refractivity contribution is 5.84. The molecule has 86 valence electrons. The Hall–Kier alpha value is -2.35. The summed E-state index contributed by atoms with van der Waals surface area (Å²) in [6.07, 6.45) is -0.00181. The SMILES string of the molecule is N#C[C@@H](C(N)=O)[C@@H]1CC(=O)Oc2ccccc21. The van der Waals surface area contributed by atoms with E-state index in [9.17, 15) is 9.59 Å². The van der Waals surface area contributed by atoms with E-state index in [1.165, 1.54) is 0 Å². The maximum atomic E-state index is 11.4. The van der Waals surface area contributed by atoms with Crippen LogP contribution in [0.15, 0.2) is 24.3 Å². The molecule has 1 aromatic rings. The summed E-state index contributed by atoms with van der Waals surface area (Å²) in [6.45, 7) is 0. The summed E-state index contributed by atoms with van der Waals surface area (Å²) < 4.78 is 5.04. The molecular formula is C12H10N2O3. The number of hydrogen-bond acceptors (Lipinski definition) is 4. The van der Waals surface area contributed by atoms with Crippen molar-refractivity contribution in [2.75, 3.05) is 0 Å². The van der Waals surface area contributed by atoms with E-state index in [4.69, 9.17) is 15.7 Å². The third kappa shape index (κ3) is 1.97. The number of carbonyl (C=O) groups is 2. The Morgan fingerprint density at radius 2 is 2.24 bits per heavy atom. The minimum atomic E-state index is -1.01. The number of nitrogens with zero attached hydrogens (tertiary/aromatic N) is 1. The number of amides is 1. The minimum absolute atomic E-state index is 0.00181. The quantitative estimate of drug-likeness (QED) is 0.597. The highest BCUT2D eigenvalue weighted by atomic mass is 16.5. The molecule has 1 amide bonds. The van der Waals surface area contributed by atoms with Crippen LogP contribution in [-0.4, -0.2) is 11.9 Å². The number of esters is 1. The Balaban J connectivity index is 2.46. The van der Waals surface area contributed by atoms with Crippen LogP contribution in [0.5, 0.6) is 5.75 Å². The van der Waals surface area contributed by atoms with E-state index in [0.29, 0.717) is 11.3 Å². The molecule has 0 aromatic heterocycles. The normalized spacial score (nSPS) is 19.7. The van der Waals surface area contributed by atoms with Crippen LogP contribution in [0.25, 0.3) is 0 Å². The molecular weight excluding hydrogens is 220 g/mol. The Labute approximate surface area is 97.8 Å². The van der Waals surface area contributed by atoms with Crippen LogP contribution in [-0.2, 0) is 9.59 Å². The van der Waals surface area contributed by atoms with Gasteiger partial charge in [0.25, 0.3) is 0 Å². The van der Waals surface area contributed by atoms with E-state index in [1.54, 1.807) is 24.3 Å². The van der Waals surface area contributed by atoms with Crippen molar-refractivity contribution in [3.8, 4) is 11.8 Å². The van der Waals surface area contributed by atoms with Gasteiger partial charge in [0.05, 0.1) is 12.5 Å². The van der Waals surface area contributed by atoms with Gasteiger partial charge in [0.1, 0.15) is 11.7 Å². The van der Waals surface area contributed by atoms with Crippen LogP contribution >= 0.6 is 0 Å². The number of nitrogens with two attached hydrogens (primary N) is 1. The average molecular weight is 230 g/mol. The maximum absolute atomic E-state index is 11.4. The first-order chi connectivity index (χ1) is 8.13. The number of rotatable bonds is 2. The van der Waals surface area contributed by atoms with Gasteiger partial charge in [-0.1, -0.05) is 18.2 Å². The van der Waals surface area contributed by atoms with Crippen LogP contribution in [0, 0.1) is 17.2 Å². The number of nitriles is 1. The first-order valence-corrected chi connectivity index (χ1v) is 5.12. The molecule has 1 aromatic carbocycles. The second-order valence-electron chi connectivity index (χ2n) is 3.83. The van der Waals surface area contributed by atoms with Crippen molar-refractivity contribution in [3.63, 3.8) is 0 Å². The Kier molecular flexibility index (Phi) is 2.79. The molecule has 0 saturated carbocycles. The van der Waals surface area contributed by atoms with Gasteiger partial charge in [0, 0.05) is 11.5 Å². The van der Waals surface area contributed by atoms with Crippen molar-refractivity contribution in [1.29, 1.82) is 5.26 Å². The van der Waals surface area contributed by atoms with Crippen LogP contribution in [0.4, 0.5) is 0 Å². The van der Waals surface area contributed by atoms with Gasteiger partial charge in [-0.05, 0) is 6.07 Å². The smallest absolute Gasteiger partial charge is 0.311 e.